The first kappa shape index (κ1) is 15.4. The van der Waals surface area contributed by atoms with Crippen LogP contribution < -0.4 is 4.74 Å². The molecule has 6 nitrogen and oxygen atoms in total. The summed E-state index contributed by atoms with van der Waals surface area (Å²) in [4.78, 5) is 19.3. The molecule has 3 aromatic rings. The van der Waals surface area contributed by atoms with Crippen molar-refractivity contribution in [3.8, 4) is 17.0 Å². The van der Waals surface area contributed by atoms with Gasteiger partial charge in [0.15, 0.2) is 0 Å². The second-order valence-corrected chi connectivity index (χ2v) is 5.98. The van der Waals surface area contributed by atoms with E-state index in [9.17, 15) is 4.79 Å². The first-order chi connectivity index (χ1) is 12.3. The standard InChI is InChI=1S/C19H18N4O2/c1-25-15-6-2-4-13(10-15)18-16(11-21-22-18)19(24)23-9-7-17-14(12-23)5-3-8-20-17/h2-6,8,10-11H,7,9,12H2,1H3,(H,21,22). The first-order valence-corrected chi connectivity index (χ1v) is 8.16. The van der Waals surface area contributed by atoms with E-state index in [1.165, 1.54) is 0 Å². The molecule has 0 spiro atoms. The lowest BCUT2D eigenvalue weighted by Gasteiger charge is -2.28. The van der Waals surface area contributed by atoms with E-state index < -0.39 is 0 Å². The predicted octanol–water partition coefficient (Wildman–Crippen LogP) is 2.68. The SMILES string of the molecule is COc1cccc(-c2[nH]ncc2C(=O)N2CCc3ncccc3C2)c1. The second-order valence-electron chi connectivity index (χ2n) is 5.98. The molecule has 25 heavy (non-hydrogen) atoms. The molecule has 1 amide bonds. The number of nitrogens with one attached hydrogen (secondary N) is 1. The molecule has 126 valence electrons. The Morgan fingerprint density at radius 3 is 3.08 bits per heavy atom. The molecule has 0 fully saturated rings. The second kappa shape index (κ2) is 6.39. The van der Waals surface area contributed by atoms with Crippen molar-refractivity contribution in [2.24, 2.45) is 0 Å². The zero-order valence-corrected chi connectivity index (χ0v) is 13.9. The first-order valence-electron chi connectivity index (χ1n) is 8.16. The molecule has 0 aliphatic carbocycles. The summed E-state index contributed by atoms with van der Waals surface area (Å²) < 4.78 is 5.27. The number of H-pyrrole nitrogens is 1. The lowest BCUT2D eigenvalue weighted by Crippen LogP contribution is -2.36. The summed E-state index contributed by atoms with van der Waals surface area (Å²) in [5.41, 5.74) is 4.33. The van der Waals surface area contributed by atoms with Crippen molar-refractivity contribution < 1.29 is 9.53 Å². The van der Waals surface area contributed by atoms with Crippen LogP contribution in [0.5, 0.6) is 5.75 Å². The molecule has 1 aliphatic rings. The van der Waals surface area contributed by atoms with Gasteiger partial charge in [-0.05, 0) is 23.8 Å². The third kappa shape index (κ3) is 2.87. The number of aromatic amines is 1. The van der Waals surface area contributed by atoms with Gasteiger partial charge in [0.05, 0.1) is 24.6 Å². The van der Waals surface area contributed by atoms with Crippen molar-refractivity contribution >= 4 is 5.91 Å². The monoisotopic (exact) mass is 334 g/mol. The van der Waals surface area contributed by atoms with Crippen LogP contribution in [0.15, 0.2) is 48.8 Å². The van der Waals surface area contributed by atoms with Crippen LogP contribution in [0.4, 0.5) is 0 Å². The zero-order chi connectivity index (χ0) is 17.2. The van der Waals surface area contributed by atoms with Gasteiger partial charge in [-0.2, -0.15) is 5.10 Å². The van der Waals surface area contributed by atoms with Gasteiger partial charge in [0.2, 0.25) is 0 Å². The van der Waals surface area contributed by atoms with Crippen molar-refractivity contribution in [2.45, 2.75) is 13.0 Å². The van der Waals surface area contributed by atoms with Crippen LogP contribution in [0.1, 0.15) is 21.6 Å². The fourth-order valence-corrected chi connectivity index (χ4v) is 3.16. The summed E-state index contributed by atoms with van der Waals surface area (Å²) in [5, 5.41) is 7.04. The fraction of sp³-hybridized carbons (Fsp3) is 0.211. The number of methoxy groups -OCH3 is 1. The Morgan fingerprint density at radius 1 is 1.28 bits per heavy atom. The summed E-state index contributed by atoms with van der Waals surface area (Å²) >= 11 is 0. The average Bonchev–Trinajstić information content (AvgIpc) is 3.17. The molecular formula is C19H18N4O2. The number of nitrogens with zero attached hydrogens (tertiary/aromatic N) is 3. The van der Waals surface area contributed by atoms with Crippen LogP contribution >= 0.6 is 0 Å². The summed E-state index contributed by atoms with van der Waals surface area (Å²) in [5.74, 6) is 0.713. The number of rotatable bonds is 3. The number of hydrogen-bond acceptors (Lipinski definition) is 4. The number of amides is 1. The molecular weight excluding hydrogens is 316 g/mol. The zero-order valence-electron chi connectivity index (χ0n) is 13.9. The van der Waals surface area contributed by atoms with Gasteiger partial charge >= 0.3 is 0 Å². The minimum absolute atomic E-state index is 0.0268. The molecule has 4 rings (SSSR count). The number of hydrogen-bond donors (Lipinski definition) is 1. The van der Waals surface area contributed by atoms with Gasteiger partial charge in [0.1, 0.15) is 5.75 Å². The Balaban J connectivity index is 1.63. The lowest BCUT2D eigenvalue weighted by atomic mass is 10.0. The normalized spacial score (nSPS) is 13.4. The van der Waals surface area contributed by atoms with Crippen LogP contribution in [-0.2, 0) is 13.0 Å². The highest BCUT2D eigenvalue weighted by molar-refractivity contribution is 5.99. The van der Waals surface area contributed by atoms with E-state index in [0.717, 1.165) is 29.0 Å². The molecule has 1 aliphatic heterocycles. The minimum Gasteiger partial charge on any atom is -0.497 e. The Kier molecular flexibility index (Phi) is 3.93. The largest absolute Gasteiger partial charge is 0.497 e. The van der Waals surface area contributed by atoms with Crippen LogP contribution in [0, 0.1) is 0 Å². The lowest BCUT2D eigenvalue weighted by molar-refractivity contribution is 0.0734. The van der Waals surface area contributed by atoms with E-state index >= 15 is 0 Å². The van der Waals surface area contributed by atoms with E-state index in [-0.39, 0.29) is 5.91 Å². The maximum Gasteiger partial charge on any atom is 0.258 e. The number of ether oxygens (including phenoxy) is 1. The molecule has 1 aromatic carbocycles. The quantitative estimate of drug-likeness (QED) is 0.799. The molecule has 0 bridgehead atoms. The number of fused-ring (bicyclic) bond motifs is 1. The molecule has 2 aromatic heterocycles. The Hall–Kier alpha value is -3.15. The Morgan fingerprint density at radius 2 is 2.20 bits per heavy atom. The van der Waals surface area contributed by atoms with Crippen LogP contribution in [0.3, 0.4) is 0 Å². The van der Waals surface area contributed by atoms with E-state index in [1.54, 1.807) is 19.5 Å². The number of aromatic nitrogens is 3. The number of benzene rings is 1. The minimum atomic E-state index is -0.0268. The molecule has 1 N–H and O–H groups in total. The molecule has 3 heterocycles. The van der Waals surface area contributed by atoms with Crippen molar-refractivity contribution in [3.63, 3.8) is 0 Å². The maximum atomic E-state index is 13.0. The van der Waals surface area contributed by atoms with Crippen LogP contribution in [0.25, 0.3) is 11.3 Å². The predicted molar refractivity (Wildman–Crippen MR) is 93.3 cm³/mol. The number of pyridine rings is 1. The highest BCUT2D eigenvalue weighted by Gasteiger charge is 2.25. The molecule has 0 atom stereocenters. The van der Waals surface area contributed by atoms with Crippen LogP contribution in [-0.4, -0.2) is 39.6 Å². The molecule has 6 heteroatoms. The molecule has 0 radical (unpaired) electrons. The number of carbonyl (C=O) groups excluding carboxylic acids is 1. The molecule has 0 saturated heterocycles. The van der Waals surface area contributed by atoms with Gasteiger partial charge in [-0.25, -0.2) is 0 Å². The van der Waals surface area contributed by atoms with Gasteiger partial charge in [-0.1, -0.05) is 18.2 Å². The van der Waals surface area contributed by atoms with Gasteiger partial charge in [0, 0.05) is 37.0 Å². The van der Waals surface area contributed by atoms with Crippen LogP contribution in [0.2, 0.25) is 0 Å². The van der Waals surface area contributed by atoms with Crippen molar-refractivity contribution in [2.75, 3.05) is 13.7 Å². The van der Waals surface area contributed by atoms with Crippen molar-refractivity contribution in [3.05, 3.63) is 65.6 Å². The Bertz CT molecular complexity index is 919. The average molecular weight is 334 g/mol. The van der Waals surface area contributed by atoms with Gasteiger partial charge in [-0.3, -0.25) is 14.9 Å². The van der Waals surface area contributed by atoms with E-state index in [2.05, 4.69) is 15.2 Å². The van der Waals surface area contributed by atoms with Gasteiger partial charge in [0.25, 0.3) is 5.91 Å². The van der Waals surface area contributed by atoms with E-state index in [0.29, 0.717) is 24.3 Å². The highest BCUT2D eigenvalue weighted by Crippen LogP contribution is 2.27. The third-order valence-electron chi connectivity index (χ3n) is 4.48. The third-order valence-corrected chi connectivity index (χ3v) is 4.48. The topological polar surface area (TPSA) is 71.1 Å². The summed E-state index contributed by atoms with van der Waals surface area (Å²) in [7, 11) is 1.62. The summed E-state index contributed by atoms with van der Waals surface area (Å²) in [6.45, 7) is 1.23. The summed E-state index contributed by atoms with van der Waals surface area (Å²) in [6.07, 6.45) is 4.16. The van der Waals surface area contributed by atoms with Gasteiger partial charge < -0.3 is 9.64 Å². The van der Waals surface area contributed by atoms with E-state index in [4.69, 9.17) is 4.74 Å². The highest BCUT2D eigenvalue weighted by atomic mass is 16.5. The van der Waals surface area contributed by atoms with Gasteiger partial charge in [-0.15, -0.1) is 0 Å². The van der Waals surface area contributed by atoms with E-state index in [1.807, 2.05) is 41.3 Å². The fourth-order valence-electron chi connectivity index (χ4n) is 3.16. The number of carbonyl (C=O) groups is 1. The smallest absolute Gasteiger partial charge is 0.258 e. The molecule has 0 saturated carbocycles. The molecule has 0 unspecified atom stereocenters. The maximum absolute atomic E-state index is 13.0. The summed E-state index contributed by atoms with van der Waals surface area (Å²) in [6, 6.07) is 11.5. The van der Waals surface area contributed by atoms with Crippen molar-refractivity contribution in [1.29, 1.82) is 0 Å². The van der Waals surface area contributed by atoms with Crippen molar-refractivity contribution in [1.82, 2.24) is 20.1 Å². The Labute approximate surface area is 145 Å².